The van der Waals surface area contributed by atoms with Crippen LogP contribution in [0.2, 0.25) is 10.0 Å². The first kappa shape index (κ1) is 11.4. The summed E-state index contributed by atoms with van der Waals surface area (Å²) in [5.41, 5.74) is -0.471. The van der Waals surface area contributed by atoms with Crippen molar-refractivity contribution in [1.82, 2.24) is 9.78 Å². The van der Waals surface area contributed by atoms with Crippen LogP contribution < -0.4 is 5.56 Å². The largest absolute Gasteiger partial charge is 0.287 e. The number of nitriles is 1. The summed E-state index contributed by atoms with van der Waals surface area (Å²) < 4.78 is 1.29. The van der Waals surface area contributed by atoms with Crippen molar-refractivity contribution in [2.45, 2.75) is 25.8 Å². The van der Waals surface area contributed by atoms with Gasteiger partial charge < -0.3 is 0 Å². The summed E-state index contributed by atoms with van der Waals surface area (Å²) in [5.74, 6) is 0. The van der Waals surface area contributed by atoms with Crippen LogP contribution in [0.5, 0.6) is 0 Å². The monoisotopic (exact) mass is 257 g/mol. The number of nitrogens with zero attached hydrogens (tertiary/aromatic N) is 3. The Bertz CT molecular complexity index is 514. The van der Waals surface area contributed by atoms with Gasteiger partial charge in [0.05, 0.1) is 23.8 Å². The molecule has 0 spiro atoms. The van der Waals surface area contributed by atoms with Crippen molar-refractivity contribution < 1.29 is 0 Å². The summed E-state index contributed by atoms with van der Waals surface area (Å²) in [7, 11) is 0. The molecule has 1 aromatic heterocycles. The third-order valence-electron chi connectivity index (χ3n) is 2.84. The van der Waals surface area contributed by atoms with Gasteiger partial charge in [-0.05, 0) is 12.8 Å². The second-order valence-corrected chi connectivity index (χ2v) is 4.89. The van der Waals surface area contributed by atoms with E-state index in [9.17, 15) is 4.79 Å². The molecule has 0 aliphatic heterocycles. The lowest BCUT2D eigenvalue weighted by molar-refractivity contribution is 0.391. The molecule has 4 nitrogen and oxygen atoms in total. The van der Waals surface area contributed by atoms with Crippen LogP contribution in [0, 0.1) is 16.7 Å². The summed E-state index contributed by atoms with van der Waals surface area (Å²) in [6, 6.07) is 2.13. The number of halogens is 2. The predicted molar refractivity (Wildman–Crippen MR) is 60.4 cm³/mol. The van der Waals surface area contributed by atoms with E-state index < -0.39 is 5.56 Å². The molecule has 6 heteroatoms. The molecule has 0 atom stereocenters. The van der Waals surface area contributed by atoms with E-state index in [0.717, 1.165) is 12.8 Å². The van der Waals surface area contributed by atoms with E-state index in [-0.39, 0.29) is 15.5 Å². The molecule has 0 unspecified atom stereocenters. The summed E-state index contributed by atoms with van der Waals surface area (Å²) in [4.78, 5) is 11.7. The Morgan fingerprint density at radius 1 is 1.56 bits per heavy atom. The van der Waals surface area contributed by atoms with E-state index in [1.807, 2.05) is 0 Å². The zero-order valence-corrected chi connectivity index (χ0v) is 9.92. The lowest BCUT2D eigenvalue weighted by atomic mass is 10.0. The Kier molecular flexibility index (Phi) is 2.92. The Labute approximate surface area is 102 Å². The molecule has 0 bridgehead atoms. The molecule has 1 aliphatic carbocycles. The molecule has 16 heavy (non-hydrogen) atoms. The topological polar surface area (TPSA) is 58.7 Å². The Morgan fingerprint density at radius 3 is 2.81 bits per heavy atom. The van der Waals surface area contributed by atoms with Gasteiger partial charge in [-0.1, -0.05) is 23.2 Å². The van der Waals surface area contributed by atoms with Gasteiger partial charge in [0.25, 0.3) is 5.56 Å². The minimum atomic E-state index is -0.390. The van der Waals surface area contributed by atoms with Gasteiger partial charge in [0, 0.05) is 11.8 Å². The first-order valence-electron chi connectivity index (χ1n) is 4.86. The van der Waals surface area contributed by atoms with Crippen LogP contribution in [0.3, 0.4) is 0 Å². The number of hydrogen-bond acceptors (Lipinski definition) is 3. The second-order valence-electron chi connectivity index (χ2n) is 4.10. The van der Waals surface area contributed by atoms with Crippen LogP contribution in [0.15, 0.2) is 11.0 Å². The first-order chi connectivity index (χ1) is 7.58. The quantitative estimate of drug-likeness (QED) is 0.835. The van der Waals surface area contributed by atoms with E-state index in [1.165, 1.54) is 10.9 Å². The van der Waals surface area contributed by atoms with E-state index in [2.05, 4.69) is 11.2 Å². The fourth-order valence-corrected chi connectivity index (χ4v) is 1.88. The maximum Gasteiger partial charge on any atom is 0.287 e. The summed E-state index contributed by atoms with van der Waals surface area (Å²) in [5, 5.41) is 12.8. The molecule has 1 saturated carbocycles. The fourth-order valence-electron chi connectivity index (χ4n) is 1.61. The van der Waals surface area contributed by atoms with Crippen molar-refractivity contribution in [3.05, 3.63) is 26.6 Å². The zero-order chi connectivity index (χ0) is 11.8. The lowest BCUT2D eigenvalue weighted by Gasteiger charge is -2.12. The fraction of sp³-hybridized carbons (Fsp3) is 0.500. The molecule has 2 rings (SSSR count). The van der Waals surface area contributed by atoms with Crippen molar-refractivity contribution >= 4 is 23.2 Å². The molecule has 84 valence electrons. The van der Waals surface area contributed by atoms with Gasteiger partial charge in [0.15, 0.2) is 0 Å². The number of rotatable bonds is 3. The minimum Gasteiger partial charge on any atom is -0.266 e. The van der Waals surface area contributed by atoms with Crippen molar-refractivity contribution in [3.8, 4) is 6.07 Å². The highest BCUT2D eigenvalue weighted by molar-refractivity contribution is 6.41. The van der Waals surface area contributed by atoms with Crippen molar-refractivity contribution in [1.29, 1.82) is 5.26 Å². The Hall–Kier alpha value is -1.05. The van der Waals surface area contributed by atoms with Gasteiger partial charge >= 0.3 is 0 Å². The highest BCUT2D eigenvalue weighted by Crippen LogP contribution is 2.49. The average Bonchev–Trinajstić information content (AvgIpc) is 3.00. The Balaban J connectivity index is 2.27. The van der Waals surface area contributed by atoms with Gasteiger partial charge in [0.2, 0.25) is 0 Å². The maximum absolute atomic E-state index is 11.7. The van der Waals surface area contributed by atoms with Gasteiger partial charge in [-0.3, -0.25) is 4.79 Å². The molecule has 0 aromatic carbocycles. The predicted octanol–water partition coefficient (Wildman–Crippen LogP) is 2.24. The second kappa shape index (κ2) is 4.08. The van der Waals surface area contributed by atoms with Crippen LogP contribution >= 0.6 is 23.2 Å². The van der Waals surface area contributed by atoms with Crippen LogP contribution in [-0.4, -0.2) is 9.78 Å². The number of hydrogen-bond donors (Lipinski definition) is 0. The van der Waals surface area contributed by atoms with E-state index in [1.54, 1.807) is 0 Å². The van der Waals surface area contributed by atoms with Crippen LogP contribution in [-0.2, 0) is 6.54 Å². The van der Waals surface area contributed by atoms with E-state index in [0.29, 0.717) is 13.0 Å². The van der Waals surface area contributed by atoms with Gasteiger partial charge in [0.1, 0.15) is 5.02 Å². The molecular weight excluding hydrogens is 249 g/mol. The summed E-state index contributed by atoms with van der Waals surface area (Å²) >= 11 is 11.4. The molecular formula is C10H9Cl2N3O. The normalized spacial score (nSPS) is 16.8. The molecule has 0 radical (unpaired) electrons. The van der Waals surface area contributed by atoms with E-state index in [4.69, 9.17) is 28.5 Å². The van der Waals surface area contributed by atoms with E-state index >= 15 is 0 Å². The highest BCUT2D eigenvalue weighted by Gasteiger charge is 2.43. The molecule has 1 fully saturated rings. The molecule has 1 aromatic rings. The Morgan fingerprint density at radius 2 is 2.25 bits per heavy atom. The first-order valence-corrected chi connectivity index (χ1v) is 5.62. The molecule has 0 N–H and O–H groups in total. The van der Waals surface area contributed by atoms with Crippen LogP contribution in [0.25, 0.3) is 0 Å². The van der Waals surface area contributed by atoms with Crippen LogP contribution in [0.1, 0.15) is 19.3 Å². The van der Waals surface area contributed by atoms with Gasteiger partial charge in [-0.25, -0.2) is 4.68 Å². The van der Waals surface area contributed by atoms with Gasteiger partial charge in [-0.2, -0.15) is 10.4 Å². The van der Waals surface area contributed by atoms with Crippen molar-refractivity contribution in [2.24, 2.45) is 5.41 Å². The molecule has 0 amide bonds. The average molecular weight is 258 g/mol. The maximum atomic E-state index is 11.7. The SMILES string of the molecule is N#CCC1(Cn2ncc(Cl)c(Cl)c2=O)CC1. The third-order valence-corrected chi connectivity index (χ3v) is 3.59. The summed E-state index contributed by atoms with van der Waals surface area (Å²) in [6.07, 6.45) is 3.71. The minimum absolute atomic E-state index is 0.00979. The molecule has 0 saturated heterocycles. The van der Waals surface area contributed by atoms with Crippen LogP contribution in [0.4, 0.5) is 0 Å². The number of aromatic nitrogens is 2. The molecule has 1 heterocycles. The van der Waals surface area contributed by atoms with Gasteiger partial charge in [-0.15, -0.1) is 0 Å². The van der Waals surface area contributed by atoms with Crippen molar-refractivity contribution in [2.75, 3.05) is 0 Å². The third kappa shape index (κ3) is 2.06. The zero-order valence-electron chi connectivity index (χ0n) is 8.41. The lowest BCUT2D eigenvalue weighted by Crippen LogP contribution is -2.27. The molecule has 1 aliphatic rings. The van der Waals surface area contributed by atoms with Crippen molar-refractivity contribution in [3.63, 3.8) is 0 Å². The summed E-state index contributed by atoms with van der Waals surface area (Å²) in [6.45, 7) is 0.441. The smallest absolute Gasteiger partial charge is 0.266 e. The highest BCUT2D eigenvalue weighted by atomic mass is 35.5. The standard InChI is InChI=1S/C10H9Cl2N3O/c11-7-5-14-15(9(16)8(7)12)6-10(1-2-10)3-4-13/h5H,1-3,6H2.